The molecule has 0 amide bonds. The second-order valence-corrected chi connectivity index (χ2v) is 7.46. The standard InChI is InChI=1S/C12H25N3O3S/c1-19(16,17)15-6-4-14(5-7-15)12(9-13)11-3-2-8-18-10-11/h11-12H,2-10,13H2,1H3. The first-order valence-electron chi connectivity index (χ1n) is 6.99. The predicted octanol–water partition coefficient (Wildman–Crippen LogP) is -0.682. The van der Waals surface area contributed by atoms with Crippen LogP contribution in [0, 0.1) is 5.92 Å². The summed E-state index contributed by atoms with van der Waals surface area (Å²) in [5.74, 6) is 0.489. The molecule has 2 rings (SSSR count). The third-order valence-electron chi connectivity index (χ3n) is 4.19. The van der Waals surface area contributed by atoms with Crippen LogP contribution in [0.4, 0.5) is 0 Å². The van der Waals surface area contributed by atoms with E-state index < -0.39 is 10.0 Å². The summed E-state index contributed by atoms with van der Waals surface area (Å²) in [6, 6.07) is 0.321. The maximum atomic E-state index is 11.5. The van der Waals surface area contributed by atoms with E-state index in [0.717, 1.165) is 39.1 Å². The molecule has 2 aliphatic heterocycles. The molecule has 0 radical (unpaired) electrons. The van der Waals surface area contributed by atoms with E-state index in [-0.39, 0.29) is 0 Å². The minimum absolute atomic E-state index is 0.321. The number of sulfonamides is 1. The molecule has 6 nitrogen and oxygen atoms in total. The highest BCUT2D eigenvalue weighted by atomic mass is 32.2. The van der Waals surface area contributed by atoms with Crippen LogP contribution in [0.5, 0.6) is 0 Å². The average Bonchev–Trinajstić information content (AvgIpc) is 2.40. The molecule has 7 heteroatoms. The lowest BCUT2D eigenvalue weighted by Gasteiger charge is -2.42. The predicted molar refractivity (Wildman–Crippen MR) is 74.4 cm³/mol. The van der Waals surface area contributed by atoms with Crippen LogP contribution in [-0.2, 0) is 14.8 Å². The van der Waals surface area contributed by atoms with Gasteiger partial charge in [-0.15, -0.1) is 0 Å². The summed E-state index contributed by atoms with van der Waals surface area (Å²) in [6.07, 6.45) is 3.54. The molecule has 2 fully saturated rings. The normalized spacial score (nSPS) is 29.3. The van der Waals surface area contributed by atoms with E-state index in [1.807, 2.05) is 0 Å². The van der Waals surface area contributed by atoms with Gasteiger partial charge in [0.25, 0.3) is 0 Å². The van der Waals surface area contributed by atoms with Crippen LogP contribution in [0.1, 0.15) is 12.8 Å². The fourth-order valence-corrected chi connectivity index (χ4v) is 3.90. The van der Waals surface area contributed by atoms with Crippen molar-refractivity contribution in [2.75, 3.05) is 52.2 Å². The van der Waals surface area contributed by atoms with Crippen LogP contribution in [0.25, 0.3) is 0 Å². The van der Waals surface area contributed by atoms with Crippen molar-refractivity contribution in [2.24, 2.45) is 11.7 Å². The molecule has 0 aromatic heterocycles. The Balaban J connectivity index is 1.91. The van der Waals surface area contributed by atoms with Crippen LogP contribution in [0.2, 0.25) is 0 Å². The highest BCUT2D eigenvalue weighted by Gasteiger charge is 2.32. The minimum atomic E-state index is -3.06. The van der Waals surface area contributed by atoms with Crippen LogP contribution in [0.3, 0.4) is 0 Å². The zero-order valence-electron chi connectivity index (χ0n) is 11.6. The summed E-state index contributed by atoms with van der Waals surface area (Å²) >= 11 is 0. The average molecular weight is 291 g/mol. The van der Waals surface area contributed by atoms with Crippen molar-refractivity contribution in [1.29, 1.82) is 0 Å². The molecule has 0 aromatic carbocycles. The van der Waals surface area contributed by atoms with Crippen molar-refractivity contribution in [2.45, 2.75) is 18.9 Å². The van der Waals surface area contributed by atoms with Gasteiger partial charge in [-0.25, -0.2) is 8.42 Å². The van der Waals surface area contributed by atoms with Gasteiger partial charge in [-0.2, -0.15) is 4.31 Å². The molecule has 2 unspecified atom stereocenters. The fraction of sp³-hybridized carbons (Fsp3) is 1.00. The number of piperazine rings is 1. The third kappa shape index (κ3) is 3.88. The molecule has 0 spiro atoms. The van der Waals surface area contributed by atoms with E-state index >= 15 is 0 Å². The quantitative estimate of drug-likeness (QED) is 0.742. The van der Waals surface area contributed by atoms with E-state index in [9.17, 15) is 8.42 Å². The second-order valence-electron chi connectivity index (χ2n) is 5.48. The lowest BCUT2D eigenvalue weighted by Crippen LogP contribution is -2.56. The molecule has 0 aromatic rings. The lowest BCUT2D eigenvalue weighted by atomic mass is 9.92. The number of hydrogen-bond donors (Lipinski definition) is 1. The van der Waals surface area contributed by atoms with Gasteiger partial charge in [0.2, 0.25) is 10.0 Å². The van der Waals surface area contributed by atoms with Crippen LogP contribution >= 0.6 is 0 Å². The number of rotatable bonds is 4. The summed E-state index contributed by atoms with van der Waals surface area (Å²) in [4.78, 5) is 2.33. The van der Waals surface area contributed by atoms with Crippen LogP contribution in [0.15, 0.2) is 0 Å². The maximum Gasteiger partial charge on any atom is 0.211 e. The SMILES string of the molecule is CS(=O)(=O)N1CCN(C(CN)C2CCCOC2)CC1. The molecule has 2 saturated heterocycles. The zero-order valence-corrected chi connectivity index (χ0v) is 12.4. The number of nitrogens with two attached hydrogens (primary N) is 1. The topological polar surface area (TPSA) is 75.9 Å². The third-order valence-corrected chi connectivity index (χ3v) is 5.50. The Labute approximate surface area is 115 Å². The smallest absolute Gasteiger partial charge is 0.211 e. The van der Waals surface area contributed by atoms with Gasteiger partial charge in [0.05, 0.1) is 12.9 Å². The van der Waals surface area contributed by atoms with E-state index in [4.69, 9.17) is 10.5 Å². The van der Waals surface area contributed by atoms with Gasteiger partial charge in [0.15, 0.2) is 0 Å². The second kappa shape index (κ2) is 6.49. The van der Waals surface area contributed by atoms with Crippen molar-refractivity contribution >= 4 is 10.0 Å². The zero-order chi connectivity index (χ0) is 13.9. The van der Waals surface area contributed by atoms with E-state index in [2.05, 4.69) is 4.90 Å². The van der Waals surface area contributed by atoms with Crippen molar-refractivity contribution in [1.82, 2.24) is 9.21 Å². The molecular formula is C12H25N3O3S. The van der Waals surface area contributed by atoms with Crippen molar-refractivity contribution in [3.05, 3.63) is 0 Å². The molecule has 2 atom stereocenters. The Kier molecular flexibility index (Phi) is 5.19. The van der Waals surface area contributed by atoms with Gasteiger partial charge >= 0.3 is 0 Å². The first kappa shape index (κ1) is 15.2. The Morgan fingerprint density at radius 2 is 2.00 bits per heavy atom. The van der Waals surface area contributed by atoms with E-state index in [0.29, 0.717) is 31.6 Å². The Morgan fingerprint density at radius 1 is 1.32 bits per heavy atom. The van der Waals surface area contributed by atoms with Crippen molar-refractivity contribution in [3.8, 4) is 0 Å². The van der Waals surface area contributed by atoms with Gasteiger partial charge < -0.3 is 10.5 Å². The summed E-state index contributed by atoms with van der Waals surface area (Å²) < 4.78 is 30.1. The highest BCUT2D eigenvalue weighted by Crippen LogP contribution is 2.22. The van der Waals surface area contributed by atoms with Gasteiger partial charge in [-0.05, 0) is 18.8 Å². The Morgan fingerprint density at radius 3 is 2.47 bits per heavy atom. The monoisotopic (exact) mass is 291 g/mol. The first-order chi connectivity index (χ1) is 9.02. The van der Waals surface area contributed by atoms with E-state index in [1.165, 1.54) is 6.26 Å². The summed E-state index contributed by atoms with van der Waals surface area (Å²) in [5, 5.41) is 0. The largest absolute Gasteiger partial charge is 0.381 e. The Bertz CT molecular complexity index is 374. The van der Waals surface area contributed by atoms with Crippen LogP contribution in [-0.4, -0.2) is 75.9 Å². The summed E-state index contributed by atoms with van der Waals surface area (Å²) in [6.45, 7) is 4.94. The molecular weight excluding hydrogens is 266 g/mol. The van der Waals surface area contributed by atoms with Gasteiger partial charge in [-0.1, -0.05) is 0 Å². The van der Waals surface area contributed by atoms with Crippen molar-refractivity contribution < 1.29 is 13.2 Å². The number of hydrogen-bond acceptors (Lipinski definition) is 5. The molecule has 2 heterocycles. The maximum absolute atomic E-state index is 11.5. The number of nitrogens with zero attached hydrogens (tertiary/aromatic N) is 2. The van der Waals surface area contributed by atoms with Crippen LogP contribution < -0.4 is 5.73 Å². The first-order valence-corrected chi connectivity index (χ1v) is 8.84. The molecule has 0 aliphatic carbocycles. The molecule has 2 aliphatic rings. The van der Waals surface area contributed by atoms with Gasteiger partial charge in [-0.3, -0.25) is 4.90 Å². The Hall–Kier alpha value is -0.210. The molecule has 19 heavy (non-hydrogen) atoms. The number of ether oxygens (including phenoxy) is 1. The molecule has 0 saturated carbocycles. The highest BCUT2D eigenvalue weighted by molar-refractivity contribution is 7.88. The van der Waals surface area contributed by atoms with E-state index in [1.54, 1.807) is 4.31 Å². The van der Waals surface area contributed by atoms with Gasteiger partial charge in [0, 0.05) is 45.4 Å². The molecule has 2 N–H and O–H groups in total. The summed E-state index contributed by atoms with van der Waals surface area (Å²) in [7, 11) is -3.06. The van der Waals surface area contributed by atoms with Gasteiger partial charge in [0.1, 0.15) is 0 Å². The lowest BCUT2D eigenvalue weighted by molar-refractivity contribution is 0.00372. The van der Waals surface area contributed by atoms with Crippen molar-refractivity contribution in [3.63, 3.8) is 0 Å². The fourth-order valence-electron chi connectivity index (χ4n) is 3.08. The minimum Gasteiger partial charge on any atom is -0.381 e. The molecule has 112 valence electrons. The molecule has 0 bridgehead atoms. The summed E-state index contributed by atoms with van der Waals surface area (Å²) in [5.41, 5.74) is 5.93.